The van der Waals surface area contributed by atoms with Gasteiger partial charge in [-0.25, -0.2) is 0 Å². The predicted molar refractivity (Wildman–Crippen MR) is 110 cm³/mol. The summed E-state index contributed by atoms with van der Waals surface area (Å²) in [5.41, 5.74) is 7.59. The van der Waals surface area contributed by atoms with Crippen molar-refractivity contribution < 1.29 is 0 Å². The summed E-state index contributed by atoms with van der Waals surface area (Å²) in [6.07, 6.45) is 1.20. The molecule has 0 radical (unpaired) electrons. The number of benzene rings is 3. The van der Waals surface area contributed by atoms with Crippen LogP contribution in [0.25, 0.3) is 0 Å². The first kappa shape index (κ1) is 17.3. The molecule has 0 saturated carbocycles. The normalized spacial score (nSPS) is 23.0. The fraction of sp³-hybridized carbons (Fsp3) is 0.250. The van der Waals surface area contributed by atoms with Gasteiger partial charge in [0.2, 0.25) is 0 Å². The summed E-state index contributed by atoms with van der Waals surface area (Å²) in [5, 5.41) is 3.84. The van der Waals surface area contributed by atoms with Crippen LogP contribution in [0.4, 0.5) is 0 Å². The summed E-state index contributed by atoms with van der Waals surface area (Å²) < 4.78 is 0. The average Bonchev–Trinajstić information content (AvgIpc) is 3.21. The summed E-state index contributed by atoms with van der Waals surface area (Å²) in [6.45, 7) is 3.28. The van der Waals surface area contributed by atoms with Gasteiger partial charge in [-0.3, -0.25) is 0 Å². The van der Waals surface area contributed by atoms with E-state index in [1.165, 1.54) is 34.2 Å². The lowest BCUT2D eigenvalue weighted by atomic mass is 9.70. The third-order valence-electron chi connectivity index (χ3n) is 6.35. The lowest BCUT2D eigenvalue weighted by molar-refractivity contribution is 0.369. The Bertz CT molecular complexity index is 871. The maximum Gasteiger partial charge on any atom is 0.0368 e. The zero-order valence-electron chi connectivity index (χ0n) is 15.0. The van der Waals surface area contributed by atoms with Crippen LogP contribution in [0.3, 0.4) is 0 Å². The second kappa shape index (κ2) is 6.57. The van der Waals surface area contributed by atoms with Crippen LogP contribution >= 0.6 is 12.4 Å². The minimum atomic E-state index is 0. The van der Waals surface area contributed by atoms with Crippen LogP contribution in [-0.2, 0) is 12.0 Å². The van der Waals surface area contributed by atoms with Gasteiger partial charge in [-0.1, -0.05) is 78.9 Å². The average molecular weight is 362 g/mol. The second-order valence-corrected chi connectivity index (χ2v) is 7.49. The minimum absolute atomic E-state index is 0. The molecule has 0 fully saturated rings. The predicted octanol–water partition coefficient (Wildman–Crippen LogP) is 5.42. The Balaban J connectivity index is 0.00000168. The number of fused-ring (bicyclic) bond motifs is 8. The van der Waals surface area contributed by atoms with Crippen molar-refractivity contribution in [2.75, 3.05) is 0 Å². The smallest absolute Gasteiger partial charge is 0.0368 e. The third kappa shape index (κ3) is 2.35. The highest BCUT2D eigenvalue weighted by Gasteiger charge is 2.54. The van der Waals surface area contributed by atoms with Crippen LogP contribution in [0.1, 0.15) is 47.1 Å². The van der Waals surface area contributed by atoms with Gasteiger partial charge in [0.1, 0.15) is 0 Å². The molecular weight excluding hydrogens is 338 g/mol. The molecule has 0 spiro atoms. The molecule has 26 heavy (non-hydrogen) atoms. The summed E-state index contributed by atoms with van der Waals surface area (Å²) in [7, 11) is 0. The molecule has 3 aromatic carbocycles. The molecule has 2 bridgehead atoms. The van der Waals surface area contributed by atoms with Gasteiger partial charge in [-0.05, 0) is 41.2 Å². The molecule has 2 aliphatic carbocycles. The van der Waals surface area contributed by atoms with Crippen LogP contribution in [0.2, 0.25) is 0 Å². The van der Waals surface area contributed by atoms with E-state index in [9.17, 15) is 0 Å². The van der Waals surface area contributed by atoms with Gasteiger partial charge in [-0.15, -0.1) is 12.4 Å². The number of hydrogen-bond acceptors (Lipinski definition) is 1. The van der Waals surface area contributed by atoms with E-state index >= 15 is 0 Å². The molecule has 5 rings (SSSR count). The van der Waals surface area contributed by atoms with Crippen molar-refractivity contribution in [1.29, 1.82) is 0 Å². The van der Waals surface area contributed by atoms with Gasteiger partial charge in [0.25, 0.3) is 0 Å². The minimum Gasteiger partial charge on any atom is -0.309 e. The molecule has 0 amide bonds. The van der Waals surface area contributed by atoms with Gasteiger partial charge >= 0.3 is 0 Å². The SMILES string of the molecule is CC(NCc1ccccc1)C12CC(c3ccccc31)c1ccccc12.Cl. The van der Waals surface area contributed by atoms with E-state index in [0.717, 1.165) is 6.54 Å². The first-order valence-corrected chi connectivity index (χ1v) is 9.27. The summed E-state index contributed by atoms with van der Waals surface area (Å²) in [4.78, 5) is 0. The van der Waals surface area contributed by atoms with Crippen LogP contribution in [0, 0.1) is 0 Å². The fourth-order valence-electron chi connectivity index (χ4n) is 5.17. The molecule has 0 saturated heterocycles. The third-order valence-corrected chi connectivity index (χ3v) is 6.35. The zero-order chi connectivity index (χ0) is 16.9. The largest absolute Gasteiger partial charge is 0.309 e. The van der Waals surface area contributed by atoms with E-state index in [1.807, 2.05) is 0 Å². The lowest BCUT2D eigenvalue weighted by Crippen LogP contribution is -2.45. The van der Waals surface area contributed by atoms with Crippen molar-refractivity contribution in [2.45, 2.75) is 37.3 Å². The van der Waals surface area contributed by atoms with Crippen LogP contribution in [0.15, 0.2) is 78.9 Å². The summed E-state index contributed by atoms with van der Waals surface area (Å²) in [6, 6.07) is 29.3. The van der Waals surface area contributed by atoms with Crippen molar-refractivity contribution >= 4 is 12.4 Å². The Morgan fingerprint density at radius 1 is 0.846 bits per heavy atom. The molecule has 2 heteroatoms. The number of hydrogen-bond donors (Lipinski definition) is 1. The van der Waals surface area contributed by atoms with Crippen molar-refractivity contribution in [1.82, 2.24) is 5.32 Å². The van der Waals surface area contributed by atoms with Gasteiger partial charge in [0, 0.05) is 23.9 Å². The van der Waals surface area contributed by atoms with Crippen molar-refractivity contribution in [3.8, 4) is 0 Å². The first-order chi connectivity index (χ1) is 12.3. The highest BCUT2D eigenvalue weighted by atomic mass is 35.5. The molecular formula is C24H24ClN. The standard InChI is InChI=1S/C24H23N.ClH/c1-17(25-16-18-9-3-2-4-10-18)24-15-21(19-11-5-7-13-22(19)24)20-12-6-8-14-23(20)24;/h2-14,17,21,25H,15-16H2,1H3;1H. The van der Waals surface area contributed by atoms with Gasteiger partial charge in [-0.2, -0.15) is 0 Å². The van der Waals surface area contributed by atoms with Gasteiger partial charge < -0.3 is 5.32 Å². The summed E-state index contributed by atoms with van der Waals surface area (Å²) in [5.74, 6) is 0.563. The molecule has 1 atom stereocenters. The monoisotopic (exact) mass is 361 g/mol. The van der Waals surface area contributed by atoms with E-state index in [0.29, 0.717) is 12.0 Å². The van der Waals surface area contributed by atoms with E-state index < -0.39 is 0 Å². The topological polar surface area (TPSA) is 12.0 Å². The molecule has 132 valence electrons. The Morgan fingerprint density at radius 3 is 2.00 bits per heavy atom. The van der Waals surface area contributed by atoms with Gasteiger partial charge in [0.15, 0.2) is 0 Å². The molecule has 0 aliphatic heterocycles. The molecule has 3 aromatic rings. The quantitative estimate of drug-likeness (QED) is 0.654. The maximum absolute atomic E-state index is 3.84. The Labute approximate surface area is 161 Å². The lowest BCUT2D eigenvalue weighted by Gasteiger charge is -2.37. The zero-order valence-corrected chi connectivity index (χ0v) is 15.8. The molecule has 0 heterocycles. The number of nitrogens with one attached hydrogen (secondary N) is 1. The Morgan fingerprint density at radius 2 is 1.38 bits per heavy atom. The van der Waals surface area contributed by atoms with Crippen LogP contribution in [0.5, 0.6) is 0 Å². The summed E-state index contributed by atoms with van der Waals surface area (Å²) >= 11 is 0. The molecule has 0 aromatic heterocycles. The molecule has 2 aliphatic rings. The number of rotatable bonds is 4. The molecule has 1 nitrogen and oxygen atoms in total. The van der Waals surface area contributed by atoms with Gasteiger partial charge in [0.05, 0.1) is 0 Å². The van der Waals surface area contributed by atoms with E-state index in [2.05, 4.69) is 91.1 Å². The van der Waals surface area contributed by atoms with Crippen LogP contribution < -0.4 is 5.32 Å². The van der Waals surface area contributed by atoms with E-state index in [1.54, 1.807) is 0 Å². The first-order valence-electron chi connectivity index (χ1n) is 9.27. The Kier molecular flexibility index (Phi) is 4.38. The molecule has 1 unspecified atom stereocenters. The van der Waals surface area contributed by atoms with E-state index in [4.69, 9.17) is 0 Å². The fourth-order valence-corrected chi connectivity index (χ4v) is 5.17. The maximum atomic E-state index is 3.84. The highest BCUT2D eigenvalue weighted by molar-refractivity contribution is 5.85. The van der Waals surface area contributed by atoms with Crippen molar-refractivity contribution in [2.24, 2.45) is 0 Å². The molecule has 1 N–H and O–H groups in total. The number of halogens is 1. The van der Waals surface area contributed by atoms with E-state index in [-0.39, 0.29) is 17.8 Å². The second-order valence-electron chi connectivity index (χ2n) is 7.49. The van der Waals surface area contributed by atoms with Crippen LogP contribution in [-0.4, -0.2) is 6.04 Å². The Hall–Kier alpha value is -2.09. The highest BCUT2D eigenvalue weighted by Crippen LogP contribution is 2.61. The van der Waals surface area contributed by atoms with Crippen molar-refractivity contribution in [3.63, 3.8) is 0 Å². The van der Waals surface area contributed by atoms with Crippen molar-refractivity contribution in [3.05, 3.63) is 107 Å².